The van der Waals surface area contributed by atoms with Gasteiger partial charge >= 0.3 is 0 Å². The zero-order chi connectivity index (χ0) is 10.8. The van der Waals surface area contributed by atoms with Crippen LogP contribution in [0.4, 0.5) is 0 Å². The summed E-state index contributed by atoms with van der Waals surface area (Å²) in [5.41, 5.74) is 9.68. The molecule has 0 radical (unpaired) electrons. The molecule has 2 aromatic rings. The summed E-state index contributed by atoms with van der Waals surface area (Å²) in [5, 5.41) is 1.37. The molecule has 0 atom stereocenters. The van der Waals surface area contributed by atoms with E-state index in [0.29, 0.717) is 0 Å². The average Bonchev–Trinajstić information content (AvgIpc) is 2.53. The van der Waals surface area contributed by atoms with Crippen molar-refractivity contribution >= 4 is 10.9 Å². The first kappa shape index (κ1) is 10.2. The molecule has 0 bridgehead atoms. The third-order valence-electron chi connectivity index (χ3n) is 2.93. The highest BCUT2D eigenvalue weighted by atomic mass is 14.9. The summed E-state index contributed by atoms with van der Waals surface area (Å²) in [6, 6.07) is 6.54. The highest BCUT2D eigenvalue weighted by molar-refractivity contribution is 5.86. The van der Waals surface area contributed by atoms with Crippen LogP contribution < -0.4 is 5.73 Å². The summed E-state index contributed by atoms with van der Waals surface area (Å²) in [6.07, 6.45) is 4.32. The van der Waals surface area contributed by atoms with Crippen LogP contribution in [0.25, 0.3) is 10.9 Å². The monoisotopic (exact) mass is 202 g/mol. The number of hydrogen-bond donors (Lipinski definition) is 1. The molecule has 0 aliphatic heterocycles. The Labute approximate surface area is 90.7 Å². The van der Waals surface area contributed by atoms with Crippen LogP contribution in [0.15, 0.2) is 24.4 Å². The molecular formula is C13H18N2. The first-order chi connectivity index (χ1) is 7.24. The van der Waals surface area contributed by atoms with Crippen LogP contribution in [0.1, 0.15) is 17.5 Å². The molecule has 2 rings (SSSR count). The maximum atomic E-state index is 5.56. The molecule has 0 aliphatic rings. The van der Waals surface area contributed by atoms with Crippen LogP contribution in [-0.2, 0) is 13.5 Å². The summed E-state index contributed by atoms with van der Waals surface area (Å²) in [6.45, 7) is 2.93. The second-order valence-corrected chi connectivity index (χ2v) is 4.13. The number of aromatic nitrogens is 1. The molecule has 1 aromatic heterocycles. The quantitative estimate of drug-likeness (QED) is 0.814. The van der Waals surface area contributed by atoms with Crippen LogP contribution in [-0.4, -0.2) is 11.1 Å². The van der Waals surface area contributed by atoms with E-state index in [1.54, 1.807) is 0 Å². The van der Waals surface area contributed by atoms with Crippen molar-refractivity contribution in [3.8, 4) is 0 Å². The van der Waals surface area contributed by atoms with Crippen LogP contribution in [0.3, 0.4) is 0 Å². The van der Waals surface area contributed by atoms with E-state index in [-0.39, 0.29) is 0 Å². The van der Waals surface area contributed by atoms with Gasteiger partial charge in [0, 0.05) is 18.6 Å². The van der Waals surface area contributed by atoms with Gasteiger partial charge in [0.1, 0.15) is 0 Å². The standard InChI is InChI=1S/C13H18N2/c1-10-9-15(2)13-11(6-4-8-14)5-3-7-12(10)13/h3,5,7,9H,4,6,8,14H2,1-2H3. The van der Waals surface area contributed by atoms with E-state index < -0.39 is 0 Å². The minimum absolute atomic E-state index is 0.764. The number of para-hydroxylation sites is 1. The normalized spacial score (nSPS) is 11.1. The van der Waals surface area contributed by atoms with Gasteiger partial charge in [-0.2, -0.15) is 0 Å². The first-order valence-corrected chi connectivity index (χ1v) is 5.47. The van der Waals surface area contributed by atoms with Crippen molar-refractivity contribution in [3.05, 3.63) is 35.5 Å². The summed E-state index contributed by atoms with van der Waals surface area (Å²) < 4.78 is 2.22. The van der Waals surface area contributed by atoms with Crippen LogP contribution >= 0.6 is 0 Å². The van der Waals surface area contributed by atoms with E-state index in [9.17, 15) is 0 Å². The highest BCUT2D eigenvalue weighted by Gasteiger charge is 2.06. The average molecular weight is 202 g/mol. The number of rotatable bonds is 3. The number of benzene rings is 1. The minimum Gasteiger partial charge on any atom is -0.350 e. The SMILES string of the molecule is Cc1cn(C)c2c(CCCN)cccc12. The largest absolute Gasteiger partial charge is 0.350 e. The Hall–Kier alpha value is -1.28. The van der Waals surface area contributed by atoms with Gasteiger partial charge < -0.3 is 10.3 Å². The Morgan fingerprint density at radius 2 is 2.13 bits per heavy atom. The fourth-order valence-corrected chi connectivity index (χ4v) is 2.24. The molecule has 2 heteroatoms. The van der Waals surface area contributed by atoms with Crippen molar-refractivity contribution in [2.45, 2.75) is 19.8 Å². The van der Waals surface area contributed by atoms with Crippen LogP contribution in [0.2, 0.25) is 0 Å². The van der Waals surface area contributed by atoms with Gasteiger partial charge in [0.15, 0.2) is 0 Å². The molecule has 0 unspecified atom stereocenters. The van der Waals surface area contributed by atoms with Crippen LogP contribution in [0, 0.1) is 6.92 Å². The minimum atomic E-state index is 0.764. The Morgan fingerprint density at radius 3 is 2.87 bits per heavy atom. The van der Waals surface area contributed by atoms with Crippen molar-refractivity contribution in [3.63, 3.8) is 0 Å². The summed E-state index contributed by atoms with van der Waals surface area (Å²) in [4.78, 5) is 0. The second-order valence-electron chi connectivity index (χ2n) is 4.13. The van der Waals surface area contributed by atoms with Crippen molar-refractivity contribution < 1.29 is 0 Å². The number of hydrogen-bond acceptors (Lipinski definition) is 1. The highest BCUT2D eigenvalue weighted by Crippen LogP contribution is 2.24. The maximum Gasteiger partial charge on any atom is 0.0512 e. The number of nitrogens with zero attached hydrogens (tertiary/aromatic N) is 1. The van der Waals surface area contributed by atoms with E-state index in [1.807, 2.05) is 0 Å². The van der Waals surface area contributed by atoms with Crippen molar-refractivity contribution in [2.24, 2.45) is 12.8 Å². The third-order valence-corrected chi connectivity index (χ3v) is 2.93. The number of fused-ring (bicyclic) bond motifs is 1. The maximum absolute atomic E-state index is 5.56. The lowest BCUT2D eigenvalue weighted by Gasteiger charge is -2.05. The molecule has 0 fully saturated rings. The smallest absolute Gasteiger partial charge is 0.0512 e. The van der Waals surface area contributed by atoms with Gasteiger partial charge in [0.05, 0.1) is 5.52 Å². The van der Waals surface area contributed by atoms with Crippen LogP contribution in [0.5, 0.6) is 0 Å². The van der Waals surface area contributed by atoms with Crippen molar-refractivity contribution in [2.75, 3.05) is 6.54 Å². The van der Waals surface area contributed by atoms with Gasteiger partial charge in [-0.25, -0.2) is 0 Å². The summed E-state index contributed by atoms with van der Waals surface area (Å²) >= 11 is 0. The van der Waals surface area contributed by atoms with Gasteiger partial charge in [-0.05, 0) is 37.4 Å². The topological polar surface area (TPSA) is 30.9 Å². The summed E-state index contributed by atoms with van der Waals surface area (Å²) in [5.74, 6) is 0. The molecule has 2 N–H and O–H groups in total. The van der Waals surface area contributed by atoms with E-state index in [0.717, 1.165) is 19.4 Å². The molecule has 1 aromatic carbocycles. The van der Waals surface area contributed by atoms with Crippen molar-refractivity contribution in [1.82, 2.24) is 4.57 Å². The Morgan fingerprint density at radius 1 is 1.33 bits per heavy atom. The van der Waals surface area contributed by atoms with E-state index >= 15 is 0 Å². The molecule has 80 valence electrons. The Bertz CT molecular complexity index is 469. The Kier molecular flexibility index (Phi) is 2.78. The fraction of sp³-hybridized carbons (Fsp3) is 0.385. The zero-order valence-corrected chi connectivity index (χ0v) is 9.46. The van der Waals surface area contributed by atoms with Gasteiger partial charge in [0.2, 0.25) is 0 Å². The van der Waals surface area contributed by atoms with Gasteiger partial charge in [-0.1, -0.05) is 18.2 Å². The second kappa shape index (κ2) is 4.07. The number of nitrogens with two attached hydrogens (primary N) is 1. The predicted molar refractivity (Wildman–Crippen MR) is 65.0 cm³/mol. The molecule has 2 nitrogen and oxygen atoms in total. The number of aryl methyl sites for hydroxylation is 3. The zero-order valence-electron chi connectivity index (χ0n) is 9.46. The predicted octanol–water partition coefficient (Wildman–Crippen LogP) is 2.38. The summed E-state index contributed by atoms with van der Waals surface area (Å²) in [7, 11) is 2.11. The molecule has 0 saturated heterocycles. The molecule has 15 heavy (non-hydrogen) atoms. The lowest BCUT2D eigenvalue weighted by atomic mass is 10.1. The molecule has 0 aliphatic carbocycles. The van der Waals surface area contributed by atoms with E-state index in [2.05, 4.69) is 42.9 Å². The van der Waals surface area contributed by atoms with Gasteiger partial charge in [-0.3, -0.25) is 0 Å². The van der Waals surface area contributed by atoms with E-state index in [4.69, 9.17) is 5.73 Å². The first-order valence-electron chi connectivity index (χ1n) is 5.47. The molecule has 0 saturated carbocycles. The fourth-order valence-electron chi connectivity index (χ4n) is 2.24. The van der Waals surface area contributed by atoms with Crippen molar-refractivity contribution in [1.29, 1.82) is 0 Å². The molecular weight excluding hydrogens is 184 g/mol. The molecule has 0 spiro atoms. The molecule has 0 amide bonds. The van der Waals surface area contributed by atoms with Gasteiger partial charge in [-0.15, -0.1) is 0 Å². The third kappa shape index (κ3) is 1.77. The van der Waals surface area contributed by atoms with Gasteiger partial charge in [0.25, 0.3) is 0 Å². The van der Waals surface area contributed by atoms with E-state index in [1.165, 1.54) is 22.0 Å². The lowest BCUT2D eigenvalue weighted by molar-refractivity contribution is 0.829. The lowest BCUT2D eigenvalue weighted by Crippen LogP contribution is -2.01. The Balaban J connectivity index is 2.54. The molecule has 1 heterocycles.